The Hall–Kier alpha value is -2.92. The lowest BCUT2D eigenvalue weighted by molar-refractivity contribution is -0.372. The average Bonchev–Trinajstić information content (AvgIpc) is 0.764. The molecule has 5 heterocycles. The standard InChI is InChI=1S/C30H51N3O55S10/c34-10-4(1-73-92(52,53)54)77-27(8(32-90(46,47)48)16(10)85-95(61,62)63)81-19-11(35)12(36)29(83-22(19)24(38)39)79-15-6(3-75-94(58,59)60)78-28(9(33-91(49,50)51)18(15)87-97(67,68)69)82-20-13(37)21(88-98(70,71)72)30(84-23(20)25(40)41)80-14-5(2-74-93(55,56)57)76-26(42)7(31-89(43,44)45)17(14)86-96(64,65)66/h4-23,26-37,42H,1-3H2,(H,38,39)(H,40,41)(H,43,44,45)(H,46,47,48)(H,49,50,51)(H,52,53,54)(H,55,56,57)(H,58,59,60)(H,61,62,63)(H,64,65,66)(H,67,68,69)(H,70,71,72)/t4-,5-,6-,7-,8-,9-,10-,11-,12-,13+,14-,15-,16-,17-,18-,19+,20+,21-,22+,23-,26+,27-,28-,29-,30-/m1/s1. The van der Waals surface area contributed by atoms with E-state index in [9.17, 15) is 170 Å². The van der Waals surface area contributed by atoms with Crippen molar-refractivity contribution < 1.29 is 247 Å². The summed E-state index contributed by atoms with van der Waals surface area (Å²) in [5.74, 6) is -5.20. The molecule has 0 aromatic heterocycles. The summed E-state index contributed by atoms with van der Waals surface area (Å²) in [7, 11) is -60.3. The molecule has 0 saturated carbocycles. The lowest BCUT2D eigenvalue weighted by Gasteiger charge is -2.50. The molecule has 5 saturated heterocycles. The first kappa shape index (κ1) is 85.7. The Morgan fingerprint density at radius 1 is 0.306 bits per heavy atom. The minimum absolute atomic E-state index is 1.02. The van der Waals surface area contributed by atoms with Gasteiger partial charge in [0.1, 0.15) is 104 Å². The predicted molar refractivity (Wildman–Crippen MR) is 278 cm³/mol. The van der Waals surface area contributed by atoms with E-state index >= 15 is 0 Å². The summed E-state index contributed by atoms with van der Waals surface area (Å²) < 4.78 is 417. The Kier molecular flexibility index (Phi) is 27.8. The third-order valence-electron chi connectivity index (χ3n) is 12.6. The van der Waals surface area contributed by atoms with Gasteiger partial charge in [-0.1, -0.05) is 0 Å². The molecule has 0 amide bonds. The molecule has 0 bridgehead atoms. The maximum Gasteiger partial charge on any atom is 0.397 e. The van der Waals surface area contributed by atoms with Gasteiger partial charge in [0.2, 0.25) is 0 Å². The highest BCUT2D eigenvalue weighted by molar-refractivity contribution is 7.84. The molecule has 25 atom stereocenters. The van der Waals surface area contributed by atoms with Crippen LogP contribution in [0.1, 0.15) is 0 Å². The van der Waals surface area contributed by atoms with Crippen molar-refractivity contribution in [2.75, 3.05) is 19.8 Å². The number of aliphatic carboxylic acids is 2. The number of carbonyl (C=O) groups is 2. The minimum Gasteiger partial charge on any atom is -0.479 e. The van der Waals surface area contributed by atoms with E-state index in [0.29, 0.717) is 0 Å². The van der Waals surface area contributed by atoms with Crippen LogP contribution in [0, 0.1) is 0 Å². The molecular formula is C30H51N3O55S10. The fourth-order valence-corrected chi connectivity index (χ4v) is 14.0. The normalized spacial score (nSPS) is 37.1. The minimum atomic E-state index is -6.47. The lowest BCUT2D eigenvalue weighted by Crippen LogP contribution is -2.71. The smallest absolute Gasteiger partial charge is 0.397 e. The van der Waals surface area contributed by atoms with Gasteiger partial charge in [0.15, 0.2) is 49.8 Å². The molecule has 0 aliphatic carbocycles. The lowest BCUT2D eigenvalue weighted by atomic mass is 9.94. The van der Waals surface area contributed by atoms with E-state index in [4.69, 9.17) is 47.2 Å². The summed E-state index contributed by atoms with van der Waals surface area (Å²) >= 11 is 0. The largest absolute Gasteiger partial charge is 0.479 e. The van der Waals surface area contributed by atoms with Crippen LogP contribution in [-0.2, 0) is 185 Å². The molecule has 58 nitrogen and oxygen atoms in total. The van der Waals surface area contributed by atoms with E-state index in [1.165, 1.54) is 0 Å². The second-order valence-corrected chi connectivity index (χ2v) is 30.5. The van der Waals surface area contributed by atoms with Gasteiger partial charge in [-0.2, -0.15) is 98.3 Å². The highest BCUT2D eigenvalue weighted by Crippen LogP contribution is 2.39. The van der Waals surface area contributed by atoms with Crippen molar-refractivity contribution in [1.29, 1.82) is 0 Å². The fourth-order valence-electron chi connectivity index (χ4n) is 9.27. The molecule has 0 aromatic rings. The average molecular weight is 1650 g/mol. The Morgan fingerprint density at radius 2 is 0.612 bits per heavy atom. The van der Waals surface area contributed by atoms with Gasteiger partial charge in [-0.15, -0.1) is 0 Å². The Balaban J connectivity index is 1.64. The number of aliphatic hydroxyl groups excluding tert-OH is 5. The summed E-state index contributed by atoms with van der Waals surface area (Å²) in [5, 5.41) is 76.9. The number of nitrogens with one attached hydrogen (secondary N) is 3. The van der Waals surface area contributed by atoms with Crippen molar-refractivity contribution in [1.82, 2.24) is 14.2 Å². The topological polar surface area (TPSA) is 903 Å². The van der Waals surface area contributed by atoms with Gasteiger partial charge < -0.3 is 78.4 Å². The third kappa shape index (κ3) is 26.0. The Morgan fingerprint density at radius 3 is 1.00 bits per heavy atom. The molecule has 20 N–H and O–H groups in total. The van der Waals surface area contributed by atoms with Crippen molar-refractivity contribution in [3.05, 3.63) is 0 Å². The van der Waals surface area contributed by atoms with E-state index in [2.05, 4.69) is 29.3 Å². The number of hydrogen-bond acceptors (Lipinski definition) is 43. The third-order valence-corrected chi connectivity index (χ3v) is 17.5. The first-order chi connectivity index (χ1) is 44.0. The maximum atomic E-state index is 13.1. The molecule has 0 aromatic carbocycles. The number of carboxylic acids is 2. The molecule has 98 heavy (non-hydrogen) atoms. The van der Waals surface area contributed by atoms with Crippen LogP contribution >= 0.6 is 0 Å². The van der Waals surface area contributed by atoms with E-state index in [-0.39, 0.29) is 0 Å². The summed E-state index contributed by atoms with van der Waals surface area (Å²) in [5.41, 5.74) is 0. The van der Waals surface area contributed by atoms with Gasteiger partial charge in [-0.25, -0.2) is 38.9 Å². The van der Waals surface area contributed by atoms with Crippen LogP contribution in [0.4, 0.5) is 0 Å². The van der Waals surface area contributed by atoms with Crippen LogP contribution in [0.15, 0.2) is 0 Å². The number of rotatable bonds is 33. The van der Waals surface area contributed by atoms with E-state index < -0.39 is 289 Å². The second-order valence-electron chi connectivity index (χ2n) is 19.5. The summed E-state index contributed by atoms with van der Waals surface area (Å²) in [4.78, 5) is 26.0. The zero-order valence-electron chi connectivity index (χ0n) is 46.3. The van der Waals surface area contributed by atoms with Crippen LogP contribution in [0.25, 0.3) is 0 Å². The number of carboxylic acid groups (broad SMARTS) is 2. The summed E-state index contributed by atoms with van der Waals surface area (Å²) in [6.45, 7) is -5.70. The van der Waals surface area contributed by atoms with E-state index in [1.54, 1.807) is 0 Å². The van der Waals surface area contributed by atoms with Crippen molar-refractivity contribution >= 4 is 116 Å². The van der Waals surface area contributed by atoms with Gasteiger partial charge >= 0.3 is 116 Å². The highest BCUT2D eigenvalue weighted by Gasteiger charge is 2.62. The molecule has 0 radical (unpaired) electrons. The number of hydrogen-bond donors (Lipinski definition) is 20. The fraction of sp³-hybridized carbons (Fsp3) is 0.933. The molecule has 576 valence electrons. The van der Waals surface area contributed by atoms with Crippen molar-refractivity contribution in [3.8, 4) is 0 Å². The van der Waals surface area contributed by atoms with Gasteiger partial charge in [0, 0.05) is 0 Å². The van der Waals surface area contributed by atoms with Gasteiger partial charge in [-0.3, -0.25) is 45.5 Å². The molecule has 68 heteroatoms. The van der Waals surface area contributed by atoms with Crippen molar-refractivity contribution in [2.45, 2.75) is 153 Å². The SMILES string of the molecule is O=C(O)[C@H]1O[C@@H](O[C@H]2[C@H](OS(=O)(=O)O)[C@@H](NS(=O)(=O)O)[C@@H](O[C@H]3[C@H](O)[C@@H](OS(=O)(=O)O)[C@H](O[C@H]4[C@H](OS(=O)(=O)O)[C@@H](NS(=O)(=O)O)[C@@H](O)O[C@@H]4COS(=O)(=O)O)O[C@H]3C(=O)O)O[C@@H]2COS(=O)(=O)O)[C@H](O)[C@@H](O)[C@@H]1O[C@H]1O[C@H](COS(=O)(=O)O)[C@@H](O)[C@H](OS(=O)(=O)O)[C@H]1NS(=O)(=O)O. The number of aliphatic hydroxyl groups is 5. The van der Waals surface area contributed by atoms with Gasteiger partial charge in [0.25, 0.3) is 0 Å². The van der Waals surface area contributed by atoms with Crippen LogP contribution in [0.5, 0.6) is 0 Å². The van der Waals surface area contributed by atoms with Crippen molar-refractivity contribution in [3.63, 3.8) is 0 Å². The molecule has 5 fully saturated rings. The Bertz CT molecular complexity index is 4030. The molecule has 5 rings (SSSR count). The van der Waals surface area contributed by atoms with Crippen LogP contribution < -0.4 is 14.2 Å². The summed E-state index contributed by atoms with van der Waals surface area (Å²) in [6, 6.07) is -9.26. The molecule has 5 aliphatic rings. The Labute approximate surface area is 547 Å². The predicted octanol–water partition coefficient (Wildman–Crippen LogP) is -14.8. The molecule has 0 spiro atoms. The van der Waals surface area contributed by atoms with Crippen LogP contribution in [0.3, 0.4) is 0 Å². The van der Waals surface area contributed by atoms with Gasteiger partial charge in [-0.05, 0) is 0 Å². The molecule has 5 aliphatic heterocycles. The highest BCUT2D eigenvalue weighted by atomic mass is 32.3. The second kappa shape index (κ2) is 31.8. The van der Waals surface area contributed by atoms with Crippen LogP contribution in [-0.4, -0.2) is 351 Å². The van der Waals surface area contributed by atoms with Crippen molar-refractivity contribution in [2.24, 2.45) is 0 Å². The maximum absolute atomic E-state index is 13.1. The van der Waals surface area contributed by atoms with E-state index in [1.807, 2.05) is 0 Å². The monoisotopic (exact) mass is 1650 g/mol. The quantitative estimate of drug-likeness (QED) is 0.0271. The van der Waals surface area contributed by atoms with Crippen LogP contribution in [0.2, 0.25) is 0 Å². The summed E-state index contributed by atoms with van der Waals surface area (Å²) in [6.07, 6.45) is -69.6. The van der Waals surface area contributed by atoms with Gasteiger partial charge in [0.05, 0.1) is 19.8 Å². The zero-order chi connectivity index (χ0) is 75.1. The first-order valence-corrected chi connectivity index (χ1v) is 38.3. The zero-order valence-corrected chi connectivity index (χ0v) is 54.4. The first-order valence-electron chi connectivity index (χ1n) is 24.5. The molecular weight excluding hydrogens is 1600 g/mol. The van der Waals surface area contributed by atoms with E-state index in [0.717, 1.165) is 14.2 Å². The molecule has 0 unspecified atom stereocenters. The number of ether oxygens (including phenoxy) is 9.